The van der Waals surface area contributed by atoms with Gasteiger partial charge in [0.1, 0.15) is 0 Å². The van der Waals surface area contributed by atoms with E-state index in [0.717, 1.165) is 24.8 Å². The predicted molar refractivity (Wildman–Crippen MR) is 98.4 cm³/mol. The number of aryl methyl sites for hydroxylation is 1. The van der Waals surface area contributed by atoms with E-state index in [2.05, 4.69) is 18.9 Å². The number of fused-ring (bicyclic) bond motifs is 1. The largest absolute Gasteiger partial charge is 0.337 e. The topological polar surface area (TPSA) is 70.1 Å². The zero-order chi connectivity index (χ0) is 18.2. The highest BCUT2D eigenvalue weighted by molar-refractivity contribution is 8.08. The Labute approximate surface area is 149 Å². The van der Waals surface area contributed by atoms with Gasteiger partial charge < -0.3 is 4.90 Å². The van der Waals surface area contributed by atoms with Gasteiger partial charge in [0.25, 0.3) is 5.91 Å². The van der Waals surface area contributed by atoms with Crippen molar-refractivity contribution < 1.29 is 13.2 Å². The number of carbonyl (C=O) groups is 1. The summed E-state index contributed by atoms with van der Waals surface area (Å²) in [4.78, 5) is 14.5. The van der Waals surface area contributed by atoms with Gasteiger partial charge in [-0.05, 0) is 49.8 Å². The number of benzene rings is 1. The lowest BCUT2D eigenvalue weighted by Crippen LogP contribution is -2.42. The number of sulfone groups is 1. The number of carbonyl (C=O) groups excluding carboxylic acids is 1. The second-order valence-electron chi connectivity index (χ2n) is 7.18. The molecule has 136 valence electrons. The lowest BCUT2D eigenvalue weighted by Gasteiger charge is -2.29. The van der Waals surface area contributed by atoms with Crippen LogP contribution < -0.4 is 5.01 Å². The average Bonchev–Trinajstić information content (AvgIpc) is 3.07. The summed E-state index contributed by atoms with van der Waals surface area (Å²) in [7, 11) is -3.89. The molecule has 1 aromatic rings. The van der Waals surface area contributed by atoms with E-state index in [1.807, 2.05) is 13.0 Å². The molecule has 2 aliphatic rings. The van der Waals surface area contributed by atoms with Gasteiger partial charge in [-0.1, -0.05) is 19.9 Å². The first kappa shape index (κ1) is 17.9. The first-order valence-corrected chi connectivity index (χ1v) is 10.3. The summed E-state index contributed by atoms with van der Waals surface area (Å²) in [5, 5.41) is 5.65. The third-order valence-electron chi connectivity index (χ3n) is 4.64. The molecule has 25 heavy (non-hydrogen) atoms. The smallest absolute Gasteiger partial charge is 0.286 e. The number of hydrogen-bond donors (Lipinski definition) is 0. The van der Waals surface area contributed by atoms with Crippen molar-refractivity contribution in [2.75, 3.05) is 24.6 Å². The Morgan fingerprint density at radius 1 is 1.24 bits per heavy atom. The molecule has 1 fully saturated rings. The van der Waals surface area contributed by atoms with Crippen molar-refractivity contribution in [2.45, 2.75) is 44.9 Å². The fraction of sp³-hybridized carbons (Fsp3) is 0.556. The van der Waals surface area contributed by atoms with Crippen LogP contribution in [0.1, 0.15) is 38.7 Å². The molecule has 0 spiro atoms. The predicted octanol–water partition coefficient (Wildman–Crippen LogP) is 2.57. The lowest BCUT2D eigenvalue weighted by atomic mass is 10.1. The summed E-state index contributed by atoms with van der Waals surface area (Å²) < 4.78 is 26.0. The van der Waals surface area contributed by atoms with Crippen LogP contribution in [0.25, 0.3) is 0 Å². The van der Waals surface area contributed by atoms with Crippen LogP contribution in [-0.2, 0) is 14.6 Å². The fourth-order valence-electron chi connectivity index (χ4n) is 3.14. The number of nitrogens with zero attached hydrogens (tertiary/aromatic N) is 3. The Bertz CT molecular complexity index is 809. The van der Waals surface area contributed by atoms with Crippen LogP contribution in [0.2, 0.25) is 0 Å². The maximum Gasteiger partial charge on any atom is 0.286 e. The van der Waals surface area contributed by atoms with E-state index in [-0.39, 0.29) is 9.94 Å². The summed E-state index contributed by atoms with van der Waals surface area (Å²) >= 11 is 0. The zero-order valence-corrected chi connectivity index (χ0v) is 15.8. The minimum atomic E-state index is -3.89. The van der Waals surface area contributed by atoms with E-state index in [9.17, 15) is 13.2 Å². The second kappa shape index (κ2) is 6.78. The van der Waals surface area contributed by atoms with E-state index in [0.29, 0.717) is 31.2 Å². The number of hydrogen-bond acceptors (Lipinski definition) is 5. The molecule has 0 radical (unpaired) electrons. The van der Waals surface area contributed by atoms with Gasteiger partial charge in [0.05, 0.1) is 10.6 Å². The van der Waals surface area contributed by atoms with Crippen LogP contribution in [-0.4, -0.2) is 43.9 Å². The molecule has 0 unspecified atom stereocenters. The van der Waals surface area contributed by atoms with Gasteiger partial charge in [0, 0.05) is 19.6 Å². The van der Waals surface area contributed by atoms with Crippen molar-refractivity contribution in [3.63, 3.8) is 0 Å². The van der Waals surface area contributed by atoms with Crippen molar-refractivity contribution in [3.05, 3.63) is 23.8 Å². The van der Waals surface area contributed by atoms with Crippen LogP contribution in [0.5, 0.6) is 0 Å². The quantitative estimate of drug-likeness (QED) is 0.824. The molecule has 0 N–H and O–H groups in total. The van der Waals surface area contributed by atoms with Crippen molar-refractivity contribution >= 4 is 26.5 Å². The Balaban J connectivity index is 2.05. The van der Waals surface area contributed by atoms with Gasteiger partial charge >= 0.3 is 0 Å². The molecule has 7 heteroatoms. The monoisotopic (exact) mass is 363 g/mol. The van der Waals surface area contributed by atoms with Crippen molar-refractivity contribution in [1.82, 2.24) is 4.90 Å². The van der Waals surface area contributed by atoms with Crippen molar-refractivity contribution in [3.8, 4) is 0 Å². The molecule has 1 aromatic carbocycles. The van der Waals surface area contributed by atoms with E-state index >= 15 is 0 Å². The van der Waals surface area contributed by atoms with Crippen LogP contribution in [0.15, 0.2) is 28.2 Å². The Hall–Kier alpha value is -1.89. The summed E-state index contributed by atoms with van der Waals surface area (Å²) in [5.74, 6) is -0.0157. The molecule has 0 aromatic heterocycles. The standard InChI is InChI=1S/C18H25N3O3S/c1-13(2)8-11-21-15-12-14(3)6-7-16(15)25(23,24)17(19-21)18(22)20-9-4-5-10-20/h6-7,12-13H,4-5,8-11H2,1-3H3. The number of rotatable bonds is 4. The zero-order valence-electron chi connectivity index (χ0n) is 15.0. The Kier molecular flexibility index (Phi) is 4.86. The molecule has 0 bridgehead atoms. The van der Waals surface area contributed by atoms with Crippen LogP contribution >= 0.6 is 0 Å². The summed E-state index contributed by atoms with van der Waals surface area (Å²) in [6, 6.07) is 5.18. The van der Waals surface area contributed by atoms with Crippen LogP contribution in [0.3, 0.4) is 0 Å². The molecular weight excluding hydrogens is 338 g/mol. The number of amides is 1. The molecule has 6 nitrogen and oxygen atoms in total. The summed E-state index contributed by atoms with van der Waals surface area (Å²) in [5.41, 5.74) is 1.53. The van der Waals surface area contributed by atoms with E-state index in [4.69, 9.17) is 0 Å². The van der Waals surface area contributed by atoms with Gasteiger partial charge in [0.2, 0.25) is 14.9 Å². The first-order valence-electron chi connectivity index (χ1n) is 8.82. The van der Waals surface area contributed by atoms with Crippen molar-refractivity contribution in [1.29, 1.82) is 0 Å². The molecule has 0 atom stereocenters. The van der Waals surface area contributed by atoms with Crippen LogP contribution in [0.4, 0.5) is 5.69 Å². The molecule has 2 heterocycles. The summed E-state index contributed by atoms with van der Waals surface area (Å²) in [6.45, 7) is 7.92. The van der Waals surface area contributed by atoms with E-state index in [1.165, 1.54) is 0 Å². The minimum Gasteiger partial charge on any atom is -0.337 e. The van der Waals surface area contributed by atoms with Gasteiger partial charge in [-0.3, -0.25) is 9.80 Å². The van der Waals surface area contributed by atoms with E-state index < -0.39 is 15.7 Å². The molecule has 1 amide bonds. The Morgan fingerprint density at radius 2 is 1.92 bits per heavy atom. The molecule has 0 saturated carbocycles. The number of likely N-dealkylation sites (tertiary alicyclic amines) is 1. The highest BCUT2D eigenvalue weighted by Crippen LogP contribution is 2.33. The van der Waals surface area contributed by atoms with Gasteiger partial charge in [-0.25, -0.2) is 8.42 Å². The maximum absolute atomic E-state index is 13.0. The van der Waals surface area contributed by atoms with E-state index in [1.54, 1.807) is 22.0 Å². The first-order chi connectivity index (χ1) is 11.8. The molecular formula is C18H25N3O3S. The van der Waals surface area contributed by atoms with Gasteiger partial charge in [0.15, 0.2) is 0 Å². The van der Waals surface area contributed by atoms with Gasteiger partial charge in [-0.2, -0.15) is 5.10 Å². The number of hydrazone groups is 1. The highest BCUT2D eigenvalue weighted by Gasteiger charge is 2.39. The highest BCUT2D eigenvalue weighted by atomic mass is 32.2. The molecule has 1 saturated heterocycles. The fourth-order valence-corrected chi connectivity index (χ4v) is 4.60. The summed E-state index contributed by atoms with van der Waals surface area (Å²) in [6.07, 6.45) is 2.68. The Morgan fingerprint density at radius 3 is 2.56 bits per heavy atom. The normalized spacial score (nSPS) is 19.1. The average molecular weight is 363 g/mol. The minimum absolute atomic E-state index is 0.180. The van der Waals surface area contributed by atoms with Crippen molar-refractivity contribution in [2.24, 2.45) is 11.0 Å². The SMILES string of the molecule is Cc1ccc2c(c1)N(CCC(C)C)N=C(C(=O)N1CCCC1)S2(=O)=O. The second-order valence-corrected chi connectivity index (χ2v) is 9.02. The van der Waals surface area contributed by atoms with Gasteiger partial charge in [-0.15, -0.1) is 0 Å². The molecule has 2 aliphatic heterocycles. The lowest BCUT2D eigenvalue weighted by molar-refractivity contribution is -0.122. The number of anilines is 1. The third kappa shape index (κ3) is 3.42. The molecule has 3 rings (SSSR count). The molecule has 0 aliphatic carbocycles. The van der Waals surface area contributed by atoms with Crippen LogP contribution in [0, 0.1) is 12.8 Å². The third-order valence-corrected chi connectivity index (χ3v) is 6.33. The maximum atomic E-state index is 13.0.